The molecule has 2 unspecified atom stereocenters. The monoisotopic (exact) mass is 285 g/mol. The molecule has 2 rings (SSSR count). The van der Waals surface area contributed by atoms with E-state index in [1.807, 2.05) is 18.2 Å². The van der Waals surface area contributed by atoms with Crippen molar-refractivity contribution in [2.45, 2.75) is 47.5 Å². The van der Waals surface area contributed by atoms with Crippen LogP contribution in [-0.4, -0.2) is 5.91 Å². The van der Waals surface area contributed by atoms with Crippen LogP contribution in [0, 0.1) is 17.3 Å². The van der Waals surface area contributed by atoms with E-state index in [0.717, 1.165) is 5.69 Å². The van der Waals surface area contributed by atoms with E-state index in [1.165, 1.54) is 11.1 Å². The Hall–Kier alpha value is -1.57. The number of nitrogens with one attached hydrogen (secondary N) is 1. The Bertz CT molecular complexity index is 565. The average Bonchev–Trinajstić information content (AvgIpc) is 2.90. The lowest BCUT2D eigenvalue weighted by Gasteiger charge is -2.14. The topological polar surface area (TPSA) is 29.1 Å². The second kappa shape index (κ2) is 5.67. The highest BCUT2D eigenvalue weighted by atomic mass is 16.2. The third-order valence-corrected chi connectivity index (χ3v) is 4.55. The fraction of sp³-hybridized carbons (Fsp3) is 0.526. The van der Waals surface area contributed by atoms with Crippen molar-refractivity contribution >= 4 is 11.6 Å². The van der Waals surface area contributed by atoms with Crippen LogP contribution in [0.1, 0.15) is 53.0 Å². The summed E-state index contributed by atoms with van der Waals surface area (Å²) < 4.78 is 0. The molecule has 1 aliphatic carbocycles. The Labute approximate surface area is 128 Å². The fourth-order valence-electron chi connectivity index (χ4n) is 3.17. The fourth-order valence-corrected chi connectivity index (χ4v) is 3.17. The van der Waals surface area contributed by atoms with Crippen LogP contribution in [-0.2, 0) is 4.79 Å². The molecule has 1 aliphatic rings. The number of hydrogen-bond acceptors (Lipinski definition) is 1. The number of amides is 1. The molecule has 0 radical (unpaired) electrons. The highest BCUT2D eigenvalue weighted by Crippen LogP contribution is 2.59. The van der Waals surface area contributed by atoms with Crippen molar-refractivity contribution < 1.29 is 4.79 Å². The predicted molar refractivity (Wildman–Crippen MR) is 89.4 cm³/mol. The molecule has 0 bridgehead atoms. The smallest absolute Gasteiger partial charge is 0.228 e. The normalized spacial score (nSPS) is 22.8. The summed E-state index contributed by atoms with van der Waals surface area (Å²) in [5.41, 5.74) is 3.50. The van der Waals surface area contributed by atoms with Gasteiger partial charge < -0.3 is 5.32 Å². The number of hydrogen-bond donors (Lipinski definition) is 1. The summed E-state index contributed by atoms with van der Waals surface area (Å²) in [6.45, 7) is 12.8. The van der Waals surface area contributed by atoms with Crippen LogP contribution in [0.25, 0.3) is 0 Å². The molecule has 1 amide bonds. The van der Waals surface area contributed by atoms with Crippen LogP contribution in [0.3, 0.4) is 0 Å². The molecule has 0 heterocycles. The van der Waals surface area contributed by atoms with E-state index in [9.17, 15) is 4.79 Å². The zero-order chi connectivity index (χ0) is 15.8. The molecule has 0 spiro atoms. The van der Waals surface area contributed by atoms with Crippen molar-refractivity contribution in [2.24, 2.45) is 17.3 Å². The lowest BCUT2D eigenvalue weighted by Crippen LogP contribution is -2.18. The van der Waals surface area contributed by atoms with Crippen LogP contribution in [0.15, 0.2) is 35.9 Å². The van der Waals surface area contributed by atoms with Gasteiger partial charge in [0, 0.05) is 5.69 Å². The molecular formula is C19H27NO. The third kappa shape index (κ3) is 3.20. The van der Waals surface area contributed by atoms with Crippen LogP contribution >= 0.6 is 0 Å². The highest BCUT2D eigenvalue weighted by Gasteiger charge is 2.60. The van der Waals surface area contributed by atoms with Gasteiger partial charge in [0.05, 0.1) is 5.92 Å². The van der Waals surface area contributed by atoms with E-state index in [0.29, 0.717) is 11.8 Å². The highest BCUT2D eigenvalue weighted by molar-refractivity contribution is 5.96. The van der Waals surface area contributed by atoms with E-state index >= 15 is 0 Å². The molecule has 114 valence electrons. The number of benzene rings is 1. The largest absolute Gasteiger partial charge is 0.326 e. The first-order valence-corrected chi connectivity index (χ1v) is 7.80. The number of carbonyl (C=O) groups excluding carboxylic acids is 1. The average molecular weight is 285 g/mol. The van der Waals surface area contributed by atoms with E-state index in [-0.39, 0.29) is 17.2 Å². The molecule has 1 N–H and O–H groups in total. The molecule has 0 aliphatic heterocycles. The van der Waals surface area contributed by atoms with E-state index in [1.54, 1.807) is 0 Å². The summed E-state index contributed by atoms with van der Waals surface area (Å²) in [4.78, 5) is 12.6. The van der Waals surface area contributed by atoms with E-state index in [4.69, 9.17) is 0 Å². The Morgan fingerprint density at radius 3 is 2.43 bits per heavy atom. The van der Waals surface area contributed by atoms with Crippen LogP contribution in [0.5, 0.6) is 0 Å². The van der Waals surface area contributed by atoms with Crippen molar-refractivity contribution in [3.63, 3.8) is 0 Å². The van der Waals surface area contributed by atoms with Crippen LogP contribution < -0.4 is 5.32 Å². The number of carbonyl (C=O) groups is 1. The van der Waals surface area contributed by atoms with Crippen molar-refractivity contribution in [3.05, 3.63) is 41.5 Å². The maximum absolute atomic E-state index is 12.6. The number of anilines is 1. The van der Waals surface area contributed by atoms with Gasteiger partial charge in [0.25, 0.3) is 0 Å². The van der Waals surface area contributed by atoms with Gasteiger partial charge >= 0.3 is 0 Å². The lowest BCUT2D eigenvalue weighted by atomic mass is 10.0. The molecule has 1 fully saturated rings. The standard InChI is InChI=1S/C19H27NO/c1-12(2)11-15-17(19(15,5)6)18(21)20-16-10-8-7-9-14(16)13(3)4/h7-11,13,15,17H,1-6H3,(H,20,21). The summed E-state index contributed by atoms with van der Waals surface area (Å²) in [6.07, 6.45) is 2.23. The summed E-state index contributed by atoms with van der Waals surface area (Å²) in [5, 5.41) is 3.14. The van der Waals surface area contributed by atoms with Gasteiger partial charge in [-0.15, -0.1) is 0 Å². The van der Waals surface area contributed by atoms with Gasteiger partial charge in [-0.25, -0.2) is 0 Å². The molecule has 1 aromatic rings. The van der Waals surface area contributed by atoms with Gasteiger partial charge in [-0.2, -0.15) is 0 Å². The number of allylic oxidation sites excluding steroid dienone is 2. The molecular weight excluding hydrogens is 258 g/mol. The first kappa shape index (κ1) is 15.8. The quantitative estimate of drug-likeness (QED) is 0.776. The Morgan fingerprint density at radius 2 is 1.86 bits per heavy atom. The van der Waals surface area contributed by atoms with Gasteiger partial charge in [0.2, 0.25) is 5.91 Å². The van der Waals surface area contributed by atoms with Gasteiger partial charge in [-0.3, -0.25) is 4.79 Å². The lowest BCUT2D eigenvalue weighted by molar-refractivity contribution is -0.118. The molecule has 1 aromatic carbocycles. The molecule has 1 saturated carbocycles. The van der Waals surface area contributed by atoms with Crippen molar-refractivity contribution in [2.75, 3.05) is 5.32 Å². The van der Waals surface area contributed by atoms with E-state index in [2.05, 4.69) is 59.0 Å². The van der Waals surface area contributed by atoms with Gasteiger partial charge in [0.15, 0.2) is 0 Å². The van der Waals surface area contributed by atoms with Crippen LogP contribution in [0.2, 0.25) is 0 Å². The SMILES string of the molecule is CC(C)=CC1C(C(=O)Nc2ccccc2C(C)C)C1(C)C. The summed E-state index contributed by atoms with van der Waals surface area (Å²) >= 11 is 0. The Kier molecular flexibility index (Phi) is 4.27. The molecule has 2 nitrogen and oxygen atoms in total. The van der Waals surface area contributed by atoms with Crippen molar-refractivity contribution in [1.82, 2.24) is 0 Å². The maximum Gasteiger partial charge on any atom is 0.228 e. The molecule has 21 heavy (non-hydrogen) atoms. The minimum atomic E-state index is 0.0636. The van der Waals surface area contributed by atoms with Gasteiger partial charge in [-0.1, -0.05) is 57.5 Å². The summed E-state index contributed by atoms with van der Waals surface area (Å²) in [5.74, 6) is 0.985. The summed E-state index contributed by atoms with van der Waals surface area (Å²) in [6, 6.07) is 8.09. The molecule has 2 atom stereocenters. The second-order valence-corrected chi connectivity index (χ2v) is 7.30. The first-order chi connectivity index (χ1) is 9.75. The number of rotatable bonds is 4. The molecule has 0 saturated heterocycles. The van der Waals surface area contributed by atoms with E-state index < -0.39 is 0 Å². The van der Waals surface area contributed by atoms with Crippen molar-refractivity contribution in [1.29, 1.82) is 0 Å². The Morgan fingerprint density at radius 1 is 1.24 bits per heavy atom. The molecule has 2 heteroatoms. The second-order valence-electron chi connectivity index (χ2n) is 7.30. The zero-order valence-corrected chi connectivity index (χ0v) is 14.0. The predicted octanol–water partition coefficient (Wildman–Crippen LogP) is 4.99. The molecule has 0 aromatic heterocycles. The zero-order valence-electron chi connectivity index (χ0n) is 14.0. The van der Waals surface area contributed by atoms with Gasteiger partial charge in [0.1, 0.15) is 0 Å². The van der Waals surface area contributed by atoms with Gasteiger partial charge in [-0.05, 0) is 42.7 Å². The maximum atomic E-state index is 12.6. The van der Waals surface area contributed by atoms with Crippen LogP contribution in [0.4, 0.5) is 5.69 Å². The Balaban J connectivity index is 2.15. The first-order valence-electron chi connectivity index (χ1n) is 7.80. The number of para-hydroxylation sites is 1. The third-order valence-electron chi connectivity index (χ3n) is 4.55. The minimum absolute atomic E-state index is 0.0636. The summed E-state index contributed by atoms with van der Waals surface area (Å²) in [7, 11) is 0. The van der Waals surface area contributed by atoms with Crippen molar-refractivity contribution in [3.8, 4) is 0 Å². The minimum Gasteiger partial charge on any atom is -0.326 e.